The van der Waals surface area contributed by atoms with Crippen LogP contribution in [0.3, 0.4) is 0 Å². The van der Waals surface area contributed by atoms with Crippen LogP contribution in [0, 0.1) is 12.3 Å². The van der Waals surface area contributed by atoms with Crippen LogP contribution in [-0.2, 0) is 9.59 Å². The van der Waals surface area contributed by atoms with Gasteiger partial charge >= 0.3 is 0 Å². The minimum Gasteiger partial charge on any atom is -0.332 e. The number of carbonyl (C=O) groups excluding carboxylic acids is 2. The fourth-order valence-corrected chi connectivity index (χ4v) is 1.75. The minimum absolute atomic E-state index is 0.0325. The van der Waals surface area contributed by atoms with E-state index in [1.807, 2.05) is 6.92 Å². The van der Waals surface area contributed by atoms with Crippen molar-refractivity contribution >= 4 is 11.8 Å². The Balaban J connectivity index is 2.44. The van der Waals surface area contributed by atoms with Gasteiger partial charge in [-0.3, -0.25) is 9.59 Å². The number of amides is 2. The maximum atomic E-state index is 11.7. The monoisotopic (exact) mass is 222 g/mol. The van der Waals surface area contributed by atoms with Crippen LogP contribution in [0.2, 0.25) is 0 Å². The van der Waals surface area contributed by atoms with E-state index >= 15 is 0 Å². The molecule has 0 spiro atoms. The number of terminal acetylenes is 1. The van der Waals surface area contributed by atoms with Gasteiger partial charge in [0.05, 0.1) is 13.1 Å². The van der Waals surface area contributed by atoms with E-state index < -0.39 is 0 Å². The first-order valence-corrected chi connectivity index (χ1v) is 5.68. The van der Waals surface area contributed by atoms with Gasteiger partial charge in [0.15, 0.2) is 0 Å². The van der Waals surface area contributed by atoms with Gasteiger partial charge in [0.2, 0.25) is 11.8 Å². The van der Waals surface area contributed by atoms with Gasteiger partial charge in [-0.25, -0.2) is 0 Å². The van der Waals surface area contributed by atoms with Gasteiger partial charge in [-0.1, -0.05) is 6.92 Å². The number of rotatable bonds is 5. The molecule has 0 aromatic carbocycles. The lowest BCUT2D eigenvalue weighted by molar-refractivity contribution is -0.150. The molecule has 0 aromatic rings. The lowest BCUT2D eigenvalue weighted by Crippen LogP contribution is -2.53. The van der Waals surface area contributed by atoms with Gasteiger partial charge in [-0.2, -0.15) is 0 Å². The molecule has 4 nitrogen and oxygen atoms in total. The highest BCUT2D eigenvalue weighted by molar-refractivity contribution is 5.92. The lowest BCUT2D eigenvalue weighted by atomic mass is 10.2. The standard InChI is InChI=1S/C12H18N2O2/c1-3-5-6-8-14-10-11(15)13(7-4-2)9-12(14)16/h1H,4-10H2,2H3. The van der Waals surface area contributed by atoms with Crippen molar-refractivity contribution < 1.29 is 9.59 Å². The molecule has 1 rings (SSSR count). The largest absolute Gasteiger partial charge is 0.332 e. The molecule has 1 aliphatic rings. The van der Waals surface area contributed by atoms with Gasteiger partial charge < -0.3 is 9.80 Å². The molecule has 0 aliphatic carbocycles. The van der Waals surface area contributed by atoms with Crippen molar-refractivity contribution in [3.8, 4) is 12.3 Å². The highest BCUT2D eigenvalue weighted by atomic mass is 16.2. The Morgan fingerprint density at radius 1 is 1.19 bits per heavy atom. The molecular weight excluding hydrogens is 204 g/mol. The zero-order chi connectivity index (χ0) is 12.0. The Morgan fingerprint density at radius 3 is 2.25 bits per heavy atom. The quantitative estimate of drug-likeness (QED) is 0.501. The van der Waals surface area contributed by atoms with E-state index in [0.29, 0.717) is 19.5 Å². The van der Waals surface area contributed by atoms with Crippen molar-refractivity contribution in [1.29, 1.82) is 0 Å². The zero-order valence-electron chi connectivity index (χ0n) is 9.74. The Bertz CT molecular complexity index is 307. The summed E-state index contributed by atoms with van der Waals surface area (Å²) in [4.78, 5) is 26.6. The molecule has 0 bridgehead atoms. The number of hydrogen-bond donors (Lipinski definition) is 0. The van der Waals surface area contributed by atoms with Gasteiger partial charge in [-0.05, 0) is 12.8 Å². The third-order valence-corrected chi connectivity index (χ3v) is 2.60. The van der Waals surface area contributed by atoms with Gasteiger partial charge in [0, 0.05) is 19.5 Å². The summed E-state index contributed by atoms with van der Waals surface area (Å²) in [5, 5.41) is 0. The number of carbonyl (C=O) groups is 2. The molecule has 16 heavy (non-hydrogen) atoms. The van der Waals surface area contributed by atoms with Crippen LogP contribution in [-0.4, -0.2) is 47.8 Å². The summed E-state index contributed by atoms with van der Waals surface area (Å²) in [7, 11) is 0. The fraction of sp³-hybridized carbons (Fsp3) is 0.667. The first kappa shape index (κ1) is 12.6. The Labute approximate surface area is 96.6 Å². The van der Waals surface area contributed by atoms with E-state index in [1.54, 1.807) is 9.80 Å². The maximum Gasteiger partial charge on any atom is 0.242 e. The van der Waals surface area contributed by atoms with Crippen LogP contribution in [0.1, 0.15) is 26.2 Å². The molecule has 0 N–H and O–H groups in total. The molecule has 1 aliphatic heterocycles. The van der Waals surface area contributed by atoms with Crippen LogP contribution in [0.25, 0.3) is 0 Å². The molecule has 2 amide bonds. The molecule has 1 heterocycles. The van der Waals surface area contributed by atoms with E-state index in [0.717, 1.165) is 12.8 Å². The SMILES string of the molecule is C#CCCCN1CC(=O)N(CCC)CC1=O. The van der Waals surface area contributed by atoms with Crippen LogP contribution >= 0.6 is 0 Å². The predicted octanol–water partition coefficient (Wildman–Crippen LogP) is 0.481. The molecule has 88 valence electrons. The normalized spacial score (nSPS) is 16.5. The van der Waals surface area contributed by atoms with E-state index in [9.17, 15) is 9.59 Å². The molecular formula is C12H18N2O2. The van der Waals surface area contributed by atoms with E-state index in [1.165, 1.54) is 0 Å². The second kappa shape index (κ2) is 6.16. The van der Waals surface area contributed by atoms with Crippen LogP contribution < -0.4 is 0 Å². The van der Waals surface area contributed by atoms with E-state index in [2.05, 4.69) is 5.92 Å². The van der Waals surface area contributed by atoms with Crippen molar-refractivity contribution in [2.45, 2.75) is 26.2 Å². The Morgan fingerprint density at radius 2 is 1.75 bits per heavy atom. The minimum atomic E-state index is 0.0325. The summed E-state index contributed by atoms with van der Waals surface area (Å²) >= 11 is 0. The number of unbranched alkanes of at least 4 members (excludes halogenated alkanes) is 1. The fourth-order valence-electron chi connectivity index (χ4n) is 1.75. The van der Waals surface area contributed by atoms with Gasteiger partial charge in [0.1, 0.15) is 0 Å². The zero-order valence-corrected chi connectivity index (χ0v) is 9.74. The average Bonchev–Trinajstić information content (AvgIpc) is 2.25. The van der Waals surface area contributed by atoms with Crippen LogP contribution in [0.15, 0.2) is 0 Å². The first-order chi connectivity index (χ1) is 7.69. The number of piperazine rings is 1. The van der Waals surface area contributed by atoms with E-state index in [-0.39, 0.29) is 24.9 Å². The van der Waals surface area contributed by atoms with Crippen molar-refractivity contribution in [3.05, 3.63) is 0 Å². The third kappa shape index (κ3) is 3.27. The number of nitrogens with zero attached hydrogens (tertiary/aromatic N) is 2. The predicted molar refractivity (Wildman–Crippen MR) is 61.5 cm³/mol. The highest BCUT2D eigenvalue weighted by Gasteiger charge is 2.28. The van der Waals surface area contributed by atoms with Crippen molar-refractivity contribution in [3.63, 3.8) is 0 Å². The van der Waals surface area contributed by atoms with Crippen molar-refractivity contribution in [2.75, 3.05) is 26.2 Å². The summed E-state index contributed by atoms with van der Waals surface area (Å²) in [5.41, 5.74) is 0. The summed E-state index contributed by atoms with van der Waals surface area (Å²) in [6, 6.07) is 0. The molecule has 4 heteroatoms. The molecule has 0 saturated carbocycles. The smallest absolute Gasteiger partial charge is 0.242 e. The van der Waals surface area contributed by atoms with Crippen LogP contribution in [0.5, 0.6) is 0 Å². The summed E-state index contributed by atoms with van der Waals surface area (Å²) in [6.07, 6.45) is 7.44. The summed E-state index contributed by atoms with van der Waals surface area (Å²) in [5.74, 6) is 2.61. The third-order valence-electron chi connectivity index (χ3n) is 2.60. The molecule has 0 atom stereocenters. The van der Waals surface area contributed by atoms with Crippen molar-refractivity contribution in [1.82, 2.24) is 9.80 Å². The molecule has 0 aromatic heterocycles. The second-order valence-electron chi connectivity index (χ2n) is 3.94. The molecule has 0 radical (unpaired) electrons. The van der Waals surface area contributed by atoms with Crippen LogP contribution in [0.4, 0.5) is 0 Å². The Hall–Kier alpha value is -1.50. The lowest BCUT2D eigenvalue weighted by Gasteiger charge is -2.33. The second-order valence-corrected chi connectivity index (χ2v) is 3.94. The van der Waals surface area contributed by atoms with E-state index in [4.69, 9.17) is 6.42 Å². The number of hydrogen-bond acceptors (Lipinski definition) is 2. The maximum absolute atomic E-state index is 11.7. The first-order valence-electron chi connectivity index (χ1n) is 5.68. The molecule has 1 fully saturated rings. The van der Waals surface area contributed by atoms with Crippen molar-refractivity contribution in [2.24, 2.45) is 0 Å². The summed E-state index contributed by atoms with van der Waals surface area (Å²) < 4.78 is 0. The topological polar surface area (TPSA) is 40.6 Å². The highest BCUT2D eigenvalue weighted by Crippen LogP contribution is 2.06. The average molecular weight is 222 g/mol. The van der Waals surface area contributed by atoms with Gasteiger partial charge in [0.25, 0.3) is 0 Å². The summed E-state index contributed by atoms with van der Waals surface area (Å²) in [6.45, 7) is 3.70. The van der Waals surface area contributed by atoms with Gasteiger partial charge in [-0.15, -0.1) is 12.3 Å². The molecule has 1 saturated heterocycles. The Kier molecular flexibility index (Phi) is 4.84. The molecule has 0 unspecified atom stereocenters.